The van der Waals surface area contributed by atoms with Gasteiger partial charge in [0.25, 0.3) is 0 Å². The van der Waals surface area contributed by atoms with Crippen LogP contribution in [-0.2, 0) is 4.74 Å². The van der Waals surface area contributed by atoms with E-state index in [-0.39, 0.29) is 12.1 Å². The van der Waals surface area contributed by atoms with E-state index in [1.807, 2.05) is 33.0 Å². The van der Waals surface area contributed by atoms with Gasteiger partial charge >= 0.3 is 6.09 Å². The lowest BCUT2D eigenvalue weighted by Gasteiger charge is -2.22. The second-order valence-corrected chi connectivity index (χ2v) is 4.50. The zero-order chi connectivity index (χ0) is 12.4. The fraction of sp³-hybridized carbons (Fsp3) is 0.462. The summed E-state index contributed by atoms with van der Waals surface area (Å²) in [6.45, 7) is 5.25. The van der Waals surface area contributed by atoms with E-state index in [0.29, 0.717) is 6.61 Å². The van der Waals surface area contributed by atoms with Crippen molar-refractivity contribution < 1.29 is 9.53 Å². The minimum absolute atomic E-state index is 0.0775. The quantitative estimate of drug-likeness (QED) is 0.867. The Bertz CT molecular complexity index is 411. The molecule has 0 saturated carbocycles. The molecule has 92 valence electrons. The zero-order valence-electron chi connectivity index (χ0n) is 10.5. The van der Waals surface area contributed by atoms with Crippen molar-refractivity contribution in [3.8, 4) is 0 Å². The molecule has 1 heterocycles. The van der Waals surface area contributed by atoms with Crippen molar-refractivity contribution in [3.05, 3.63) is 29.3 Å². The largest absolute Gasteiger partial charge is 0.447 e. The first-order valence-corrected chi connectivity index (χ1v) is 5.80. The number of cyclic esters (lactones) is 1. The Morgan fingerprint density at radius 3 is 2.59 bits per heavy atom. The number of ether oxygens (including phenoxy) is 1. The van der Waals surface area contributed by atoms with Gasteiger partial charge in [0.2, 0.25) is 0 Å². The molecular formula is C13H18N2O2. The van der Waals surface area contributed by atoms with Crippen LogP contribution in [-0.4, -0.2) is 32.3 Å². The van der Waals surface area contributed by atoms with Crippen LogP contribution in [0.3, 0.4) is 0 Å². The fourth-order valence-electron chi connectivity index (χ4n) is 2.25. The van der Waals surface area contributed by atoms with Gasteiger partial charge in [-0.2, -0.15) is 0 Å². The predicted molar refractivity (Wildman–Crippen MR) is 67.5 cm³/mol. The molecule has 1 aromatic carbocycles. The number of carbonyl (C=O) groups excluding carboxylic acids is 1. The molecule has 0 aromatic heterocycles. The molecule has 1 unspecified atom stereocenters. The summed E-state index contributed by atoms with van der Waals surface area (Å²) in [7, 11) is 1.88. The van der Waals surface area contributed by atoms with Gasteiger partial charge in [-0.15, -0.1) is 0 Å². The number of benzene rings is 1. The number of rotatable bonds is 3. The molecule has 1 atom stereocenters. The molecule has 1 amide bonds. The molecule has 2 rings (SSSR count). The molecule has 17 heavy (non-hydrogen) atoms. The van der Waals surface area contributed by atoms with Gasteiger partial charge in [-0.25, -0.2) is 4.79 Å². The molecule has 1 N–H and O–H groups in total. The van der Waals surface area contributed by atoms with Crippen molar-refractivity contribution in [1.82, 2.24) is 5.32 Å². The summed E-state index contributed by atoms with van der Waals surface area (Å²) in [5.41, 5.74) is 3.23. The lowest BCUT2D eigenvalue weighted by molar-refractivity contribution is 0.178. The number of amides is 1. The van der Waals surface area contributed by atoms with Crippen LogP contribution < -0.4 is 10.2 Å². The Morgan fingerprint density at radius 2 is 2.00 bits per heavy atom. The van der Waals surface area contributed by atoms with E-state index < -0.39 is 0 Å². The minimum atomic E-state index is -0.254. The molecular weight excluding hydrogens is 216 g/mol. The van der Waals surface area contributed by atoms with E-state index >= 15 is 0 Å². The van der Waals surface area contributed by atoms with Crippen molar-refractivity contribution in [2.45, 2.75) is 19.9 Å². The Labute approximate surface area is 102 Å². The first-order valence-electron chi connectivity index (χ1n) is 5.80. The van der Waals surface area contributed by atoms with Crippen LogP contribution >= 0.6 is 0 Å². The van der Waals surface area contributed by atoms with Crippen LogP contribution in [0, 0.1) is 13.8 Å². The number of carbonyl (C=O) groups is 1. The number of hydrogen-bond acceptors (Lipinski definition) is 3. The van der Waals surface area contributed by atoms with Crippen molar-refractivity contribution >= 4 is 11.8 Å². The maximum Gasteiger partial charge on any atom is 0.414 e. The number of anilines is 1. The fourth-order valence-corrected chi connectivity index (χ4v) is 2.25. The summed E-state index contributed by atoms with van der Waals surface area (Å²) in [4.78, 5) is 13.5. The van der Waals surface area contributed by atoms with Gasteiger partial charge in [-0.05, 0) is 44.2 Å². The number of likely N-dealkylation sites (N-methyl/N-ethyl adjacent to an activating group) is 1. The molecule has 4 heteroatoms. The van der Waals surface area contributed by atoms with Crippen molar-refractivity contribution in [2.24, 2.45) is 0 Å². The van der Waals surface area contributed by atoms with Crippen LogP contribution in [0.2, 0.25) is 0 Å². The molecule has 1 aromatic rings. The highest BCUT2D eigenvalue weighted by Gasteiger charge is 2.33. The highest BCUT2D eigenvalue weighted by atomic mass is 16.6. The maximum absolute atomic E-state index is 11.8. The highest BCUT2D eigenvalue weighted by Crippen LogP contribution is 2.25. The normalized spacial score (nSPS) is 19.6. The third-order valence-corrected chi connectivity index (χ3v) is 2.89. The number of nitrogens with zero attached hydrogens (tertiary/aromatic N) is 1. The Hall–Kier alpha value is -1.55. The Morgan fingerprint density at radius 1 is 1.35 bits per heavy atom. The topological polar surface area (TPSA) is 41.6 Å². The van der Waals surface area contributed by atoms with E-state index in [2.05, 4.69) is 11.4 Å². The summed E-state index contributed by atoms with van der Waals surface area (Å²) in [6, 6.07) is 6.20. The Balaban J connectivity index is 2.32. The molecule has 0 radical (unpaired) electrons. The first-order chi connectivity index (χ1) is 8.11. The molecule has 1 fully saturated rings. The second kappa shape index (κ2) is 4.75. The highest BCUT2D eigenvalue weighted by molar-refractivity contribution is 5.90. The first kappa shape index (κ1) is 11.9. The van der Waals surface area contributed by atoms with Gasteiger partial charge < -0.3 is 10.1 Å². The molecule has 0 bridgehead atoms. The van der Waals surface area contributed by atoms with Gasteiger partial charge in [0.15, 0.2) is 0 Å². The molecule has 1 aliphatic heterocycles. The van der Waals surface area contributed by atoms with Crippen molar-refractivity contribution in [1.29, 1.82) is 0 Å². The summed E-state index contributed by atoms with van der Waals surface area (Å²) in [6.07, 6.45) is -0.254. The number of hydrogen-bond donors (Lipinski definition) is 1. The average molecular weight is 234 g/mol. The van der Waals surface area contributed by atoms with Gasteiger partial charge in [0.05, 0.1) is 6.04 Å². The summed E-state index contributed by atoms with van der Waals surface area (Å²) >= 11 is 0. The lowest BCUT2D eigenvalue weighted by Crippen LogP contribution is -2.40. The van der Waals surface area contributed by atoms with Gasteiger partial charge in [-0.1, -0.05) is 6.07 Å². The Kier molecular flexibility index (Phi) is 3.33. The third kappa shape index (κ3) is 2.42. The van der Waals surface area contributed by atoms with Crippen LogP contribution in [0.4, 0.5) is 10.5 Å². The monoisotopic (exact) mass is 234 g/mol. The SMILES string of the molecule is CNCC1COC(=O)N1c1cc(C)cc(C)c1. The van der Waals surface area contributed by atoms with Crippen molar-refractivity contribution in [2.75, 3.05) is 25.1 Å². The molecule has 4 nitrogen and oxygen atoms in total. The molecule has 0 aliphatic carbocycles. The predicted octanol–water partition coefficient (Wildman–Crippen LogP) is 1.85. The zero-order valence-corrected chi connectivity index (χ0v) is 10.5. The van der Waals surface area contributed by atoms with Crippen molar-refractivity contribution in [3.63, 3.8) is 0 Å². The van der Waals surface area contributed by atoms with E-state index in [9.17, 15) is 4.79 Å². The van der Waals surface area contributed by atoms with Crippen LogP contribution in [0.15, 0.2) is 18.2 Å². The lowest BCUT2D eigenvalue weighted by atomic mass is 10.1. The van der Waals surface area contributed by atoms with Gasteiger partial charge in [0, 0.05) is 12.2 Å². The minimum Gasteiger partial charge on any atom is -0.447 e. The maximum atomic E-state index is 11.8. The smallest absolute Gasteiger partial charge is 0.414 e. The van der Waals surface area contributed by atoms with E-state index in [1.54, 1.807) is 4.90 Å². The van der Waals surface area contributed by atoms with Gasteiger partial charge in [-0.3, -0.25) is 4.90 Å². The summed E-state index contributed by atoms with van der Waals surface area (Å²) in [5, 5.41) is 3.09. The summed E-state index contributed by atoms with van der Waals surface area (Å²) < 4.78 is 5.11. The summed E-state index contributed by atoms with van der Waals surface area (Å²) in [5.74, 6) is 0. The third-order valence-electron chi connectivity index (χ3n) is 2.89. The number of aryl methyl sites for hydroxylation is 2. The molecule has 1 saturated heterocycles. The van der Waals surface area contributed by atoms with Gasteiger partial charge in [0.1, 0.15) is 6.61 Å². The second-order valence-electron chi connectivity index (χ2n) is 4.50. The van der Waals surface area contributed by atoms with E-state index in [4.69, 9.17) is 4.74 Å². The van der Waals surface area contributed by atoms with E-state index in [0.717, 1.165) is 23.4 Å². The average Bonchev–Trinajstić information content (AvgIpc) is 2.59. The van der Waals surface area contributed by atoms with E-state index in [1.165, 1.54) is 0 Å². The molecule has 1 aliphatic rings. The van der Waals surface area contributed by atoms with Crippen LogP contribution in [0.25, 0.3) is 0 Å². The number of nitrogens with one attached hydrogen (secondary N) is 1. The van der Waals surface area contributed by atoms with Crippen LogP contribution in [0.5, 0.6) is 0 Å². The molecule has 0 spiro atoms. The standard InChI is InChI=1S/C13H18N2O2/c1-9-4-10(2)6-11(5-9)15-12(7-14-3)8-17-13(15)16/h4-6,12,14H,7-8H2,1-3H3. The van der Waals surface area contributed by atoms with Crippen LogP contribution in [0.1, 0.15) is 11.1 Å².